The van der Waals surface area contributed by atoms with E-state index in [-0.39, 0.29) is 18.0 Å². The van der Waals surface area contributed by atoms with E-state index in [0.717, 1.165) is 17.2 Å². The molecule has 3 rings (SSSR count). The number of piperidine rings is 1. The van der Waals surface area contributed by atoms with Crippen molar-refractivity contribution in [1.29, 1.82) is 0 Å². The molecule has 0 radical (unpaired) electrons. The zero-order valence-electron chi connectivity index (χ0n) is 10.6. The minimum atomic E-state index is -0.0234. The van der Waals surface area contributed by atoms with Gasteiger partial charge in [-0.05, 0) is 24.3 Å². The SMILES string of the molecule is C[C@H]1/C(=N\O)C[C@H](c2ccco2)N[C@H]1c1ccco1. The van der Waals surface area contributed by atoms with Crippen LogP contribution in [0.3, 0.4) is 0 Å². The lowest BCUT2D eigenvalue weighted by molar-refractivity contribution is 0.267. The Balaban J connectivity index is 1.91. The molecule has 1 saturated heterocycles. The van der Waals surface area contributed by atoms with Crippen molar-refractivity contribution in [2.45, 2.75) is 25.4 Å². The van der Waals surface area contributed by atoms with E-state index in [1.165, 1.54) is 0 Å². The highest BCUT2D eigenvalue weighted by Crippen LogP contribution is 2.35. The van der Waals surface area contributed by atoms with E-state index in [0.29, 0.717) is 6.42 Å². The Morgan fingerprint density at radius 3 is 2.47 bits per heavy atom. The summed E-state index contributed by atoms with van der Waals surface area (Å²) < 4.78 is 10.9. The van der Waals surface area contributed by atoms with Gasteiger partial charge < -0.3 is 14.0 Å². The smallest absolute Gasteiger partial charge is 0.121 e. The van der Waals surface area contributed by atoms with Gasteiger partial charge in [0, 0.05) is 12.3 Å². The van der Waals surface area contributed by atoms with E-state index in [1.807, 2.05) is 31.2 Å². The van der Waals surface area contributed by atoms with Crippen molar-refractivity contribution < 1.29 is 14.0 Å². The molecule has 5 heteroatoms. The van der Waals surface area contributed by atoms with Crippen LogP contribution >= 0.6 is 0 Å². The molecule has 2 aromatic rings. The Morgan fingerprint density at radius 1 is 1.21 bits per heavy atom. The van der Waals surface area contributed by atoms with E-state index in [4.69, 9.17) is 8.83 Å². The molecule has 19 heavy (non-hydrogen) atoms. The van der Waals surface area contributed by atoms with Crippen molar-refractivity contribution in [3.63, 3.8) is 0 Å². The highest BCUT2D eigenvalue weighted by atomic mass is 16.4. The Morgan fingerprint density at radius 2 is 1.89 bits per heavy atom. The van der Waals surface area contributed by atoms with Gasteiger partial charge >= 0.3 is 0 Å². The van der Waals surface area contributed by atoms with Gasteiger partial charge in [0.25, 0.3) is 0 Å². The second-order valence-electron chi connectivity index (χ2n) is 4.81. The van der Waals surface area contributed by atoms with Crippen LogP contribution in [-0.2, 0) is 0 Å². The zero-order valence-corrected chi connectivity index (χ0v) is 10.6. The van der Waals surface area contributed by atoms with Crippen LogP contribution in [-0.4, -0.2) is 10.9 Å². The summed E-state index contributed by atoms with van der Waals surface area (Å²) in [6.45, 7) is 2.02. The number of hydrogen-bond acceptors (Lipinski definition) is 5. The summed E-state index contributed by atoms with van der Waals surface area (Å²) in [6.07, 6.45) is 3.92. The lowest BCUT2D eigenvalue weighted by atomic mass is 9.85. The van der Waals surface area contributed by atoms with Crippen LogP contribution in [0, 0.1) is 5.92 Å². The second-order valence-corrected chi connectivity index (χ2v) is 4.81. The average molecular weight is 260 g/mol. The number of nitrogens with zero attached hydrogens (tertiary/aromatic N) is 1. The predicted molar refractivity (Wildman–Crippen MR) is 69.0 cm³/mol. The van der Waals surface area contributed by atoms with Crippen LogP contribution in [0.25, 0.3) is 0 Å². The monoisotopic (exact) mass is 260 g/mol. The standard InChI is InChI=1S/C14H16N2O3/c1-9-10(16-17)8-11(12-4-2-6-18-12)15-14(9)13-5-3-7-19-13/h2-7,9,11,14-15,17H,8H2,1H3/b16-10-/t9-,11+,14+/m0/s1. The second kappa shape index (κ2) is 4.93. The van der Waals surface area contributed by atoms with Crippen molar-refractivity contribution in [3.05, 3.63) is 48.3 Å². The molecule has 2 N–H and O–H groups in total. The molecule has 1 aliphatic rings. The van der Waals surface area contributed by atoms with Crippen LogP contribution in [0.1, 0.15) is 36.9 Å². The van der Waals surface area contributed by atoms with Crippen LogP contribution in [0.2, 0.25) is 0 Å². The van der Waals surface area contributed by atoms with Crippen molar-refractivity contribution in [1.82, 2.24) is 5.32 Å². The summed E-state index contributed by atoms with van der Waals surface area (Å²) in [5.74, 6) is 1.75. The molecule has 0 spiro atoms. The quantitative estimate of drug-likeness (QED) is 0.643. The first-order chi connectivity index (χ1) is 9.29. The molecule has 0 unspecified atom stereocenters. The van der Waals surface area contributed by atoms with E-state index in [9.17, 15) is 5.21 Å². The third-order valence-electron chi connectivity index (χ3n) is 3.68. The lowest BCUT2D eigenvalue weighted by Gasteiger charge is -2.34. The molecule has 1 fully saturated rings. The maximum atomic E-state index is 9.19. The Hall–Kier alpha value is -2.01. The minimum absolute atomic E-state index is 0.00722. The Bertz CT molecular complexity index is 545. The molecule has 3 atom stereocenters. The Kier molecular flexibility index (Phi) is 3.13. The highest BCUT2D eigenvalue weighted by molar-refractivity contribution is 5.88. The fourth-order valence-electron chi connectivity index (χ4n) is 2.61. The molecule has 2 aromatic heterocycles. The lowest BCUT2D eigenvalue weighted by Crippen LogP contribution is -2.41. The molecular formula is C14H16N2O3. The third kappa shape index (κ3) is 2.17. The topological polar surface area (TPSA) is 70.9 Å². The predicted octanol–water partition coefficient (Wildman–Crippen LogP) is 3.11. The van der Waals surface area contributed by atoms with Crippen LogP contribution in [0.5, 0.6) is 0 Å². The molecular weight excluding hydrogens is 244 g/mol. The normalized spacial score (nSPS) is 29.7. The molecule has 0 aliphatic carbocycles. The van der Waals surface area contributed by atoms with Crippen molar-refractivity contribution in [2.75, 3.05) is 0 Å². The molecule has 3 heterocycles. The first kappa shape index (κ1) is 12.0. The largest absolute Gasteiger partial charge is 0.468 e. The van der Waals surface area contributed by atoms with Crippen molar-refractivity contribution in [2.24, 2.45) is 11.1 Å². The van der Waals surface area contributed by atoms with Gasteiger partial charge in [0.15, 0.2) is 0 Å². The summed E-state index contributed by atoms with van der Waals surface area (Å²) in [5.41, 5.74) is 0.751. The summed E-state index contributed by atoms with van der Waals surface area (Å²) in [5, 5.41) is 16.1. The number of oxime groups is 1. The molecule has 0 bridgehead atoms. The third-order valence-corrected chi connectivity index (χ3v) is 3.68. The maximum Gasteiger partial charge on any atom is 0.121 e. The van der Waals surface area contributed by atoms with Gasteiger partial charge in [-0.25, -0.2) is 0 Å². The number of furan rings is 2. The van der Waals surface area contributed by atoms with Crippen molar-refractivity contribution in [3.8, 4) is 0 Å². The first-order valence-corrected chi connectivity index (χ1v) is 6.33. The summed E-state index contributed by atoms with van der Waals surface area (Å²) in [4.78, 5) is 0. The fourth-order valence-corrected chi connectivity index (χ4v) is 2.61. The average Bonchev–Trinajstić information content (AvgIpc) is 3.12. The van der Waals surface area contributed by atoms with Gasteiger partial charge in [0.1, 0.15) is 11.5 Å². The van der Waals surface area contributed by atoms with Crippen molar-refractivity contribution >= 4 is 5.71 Å². The van der Waals surface area contributed by atoms with Crippen LogP contribution < -0.4 is 5.32 Å². The summed E-state index contributed by atoms with van der Waals surface area (Å²) in [6, 6.07) is 7.52. The molecule has 100 valence electrons. The van der Waals surface area contributed by atoms with E-state index < -0.39 is 0 Å². The van der Waals surface area contributed by atoms with Crippen LogP contribution in [0.4, 0.5) is 0 Å². The summed E-state index contributed by atoms with van der Waals surface area (Å²) in [7, 11) is 0. The van der Waals surface area contributed by atoms with E-state index >= 15 is 0 Å². The van der Waals surface area contributed by atoms with Gasteiger partial charge in [-0.15, -0.1) is 0 Å². The fraction of sp³-hybridized carbons (Fsp3) is 0.357. The zero-order chi connectivity index (χ0) is 13.2. The molecule has 5 nitrogen and oxygen atoms in total. The number of rotatable bonds is 2. The molecule has 0 aromatic carbocycles. The maximum absolute atomic E-state index is 9.19. The van der Waals surface area contributed by atoms with Crippen LogP contribution in [0.15, 0.2) is 50.8 Å². The number of hydrogen-bond donors (Lipinski definition) is 2. The molecule has 0 saturated carbocycles. The van der Waals surface area contributed by atoms with Gasteiger partial charge in [0.2, 0.25) is 0 Å². The van der Waals surface area contributed by atoms with Gasteiger partial charge in [-0.3, -0.25) is 5.32 Å². The van der Waals surface area contributed by atoms with Gasteiger partial charge in [-0.1, -0.05) is 12.1 Å². The highest BCUT2D eigenvalue weighted by Gasteiger charge is 2.36. The first-order valence-electron chi connectivity index (χ1n) is 6.33. The summed E-state index contributed by atoms with van der Waals surface area (Å²) >= 11 is 0. The Labute approximate surface area is 110 Å². The molecule has 0 amide bonds. The van der Waals surface area contributed by atoms with Gasteiger partial charge in [-0.2, -0.15) is 0 Å². The molecule has 1 aliphatic heterocycles. The van der Waals surface area contributed by atoms with Gasteiger partial charge in [0.05, 0.1) is 30.3 Å². The number of nitrogens with one attached hydrogen (secondary N) is 1. The van der Waals surface area contributed by atoms with E-state index in [2.05, 4.69) is 10.5 Å². The van der Waals surface area contributed by atoms with E-state index in [1.54, 1.807) is 12.5 Å². The minimum Gasteiger partial charge on any atom is -0.468 e.